The van der Waals surface area contributed by atoms with Crippen LogP contribution in [0.2, 0.25) is 18.1 Å². The molecule has 4 fully saturated rings. The molecule has 208 valence electrons. The topological polar surface area (TPSA) is 63.2 Å². The highest BCUT2D eigenvalue weighted by Crippen LogP contribution is 2.50. The number of rotatable bonds is 9. The van der Waals surface area contributed by atoms with Crippen LogP contribution in [-0.2, 0) is 28.2 Å². The van der Waals surface area contributed by atoms with Crippen LogP contribution in [-0.4, -0.2) is 62.6 Å². The highest BCUT2D eigenvalue weighted by atomic mass is 28.4. The standard InChI is InChI=1S/C29H52O6Si/c1-9-18(5)22-14-24-23(31-22)15-26-27(32-24)19(6)16-29(34-26)17-20(7)28(25(33-29)13-21(8)30)35-36(10-2,11-3)12-4/h18-20,22-28H,9-17H2,1-8H3. The molecule has 0 aromatic heterocycles. The fourth-order valence-corrected chi connectivity index (χ4v) is 10.4. The summed E-state index contributed by atoms with van der Waals surface area (Å²) >= 11 is 0. The predicted molar refractivity (Wildman–Crippen MR) is 143 cm³/mol. The fourth-order valence-electron chi connectivity index (χ4n) is 7.42. The van der Waals surface area contributed by atoms with E-state index in [1.807, 2.05) is 0 Å². The van der Waals surface area contributed by atoms with E-state index in [-0.39, 0.29) is 54.4 Å². The number of Topliss-reactive ketones (excluding diaryl/α,β-unsaturated/α-hetero) is 1. The molecule has 4 saturated heterocycles. The highest BCUT2D eigenvalue weighted by molar-refractivity contribution is 6.73. The monoisotopic (exact) mass is 524 g/mol. The number of ketones is 1. The molecule has 4 heterocycles. The van der Waals surface area contributed by atoms with Crippen LogP contribution in [0.4, 0.5) is 0 Å². The van der Waals surface area contributed by atoms with Crippen LogP contribution in [0.25, 0.3) is 0 Å². The van der Waals surface area contributed by atoms with Crippen molar-refractivity contribution in [2.24, 2.45) is 17.8 Å². The lowest BCUT2D eigenvalue weighted by atomic mass is 9.78. The summed E-state index contributed by atoms with van der Waals surface area (Å²) in [5, 5.41) is 0. The van der Waals surface area contributed by atoms with E-state index in [1.54, 1.807) is 6.92 Å². The minimum Gasteiger partial charge on any atom is -0.411 e. The Bertz CT molecular complexity index is 750. The zero-order chi connectivity index (χ0) is 26.3. The Balaban J connectivity index is 1.51. The summed E-state index contributed by atoms with van der Waals surface area (Å²) in [5.74, 6) is 0.599. The summed E-state index contributed by atoms with van der Waals surface area (Å²) < 4.78 is 33.8. The minimum atomic E-state index is -1.84. The first kappa shape index (κ1) is 28.7. The van der Waals surface area contributed by atoms with Gasteiger partial charge in [0, 0.05) is 32.1 Å². The van der Waals surface area contributed by atoms with Gasteiger partial charge < -0.3 is 23.4 Å². The van der Waals surface area contributed by atoms with E-state index >= 15 is 0 Å². The third-order valence-corrected chi connectivity index (χ3v) is 14.6. The number of fused-ring (bicyclic) bond motifs is 2. The van der Waals surface area contributed by atoms with Gasteiger partial charge in [-0.2, -0.15) is 0 Å². The first-order valence-corrected chi connectivity index (χ1v) is 17.4. The molecule has 36 heavy (non-hydrogen) atoms. The number of hydrogen-bond acceptors (Lipinski definition) is 6. The normalized spacial score (nSPS) is 43.7. The van der Waals surface area contributed by atoms with E-state index in [2.05, 4.69) is 48.5 Å². The SMILES string of the molecule is CCC(C)C1CC2OC3C(C)CC4(CC(C)C(O[Si](CC)(CC)CC)C(CC(C)=O)O4)OC3CC2O1. The van der Waals surface area contributed by atoms with Crippen LogP contribution in [0.15, 0.2) is 0 Å². The summed E-state index contributed by atoms with van der Waals surface area (Å²) in [5.41, 5.74) is 0. The molecule has 7 heteroatoms. The molecule has 0 aromatic carbocycles. The molecule has 0 bridgehead atoms. The summed E-state index contributed by atoms with van der Waals surface area (Å²) in [4.78, 5) is 12.3. The molecule has 0 aliphatic carbocycles. The zero-order valence-electron chi connectivity index (χ0n) is 24.1. The lowest BCUT2D eigenvalue weighted by Gasteiger charge is -2.56. The number of hydrogen-bond donors (Lipinski definition) is 0. The van der Waals surface area contributed by atoms with Crippen molar-refractivity contribution in [3.8, 4) is 0 Å². The first-order chi connectivity index (χ1) is 17.1. The fraction of sp³-hybridized carbons (Fsp3) is 0.966. The molecule has 11 atom stereocenters. The van der Waals surface area contributed by atoms with Gasteiger partial charge in [-0.1, -0.05) is 54.9 Å². The predicted octanol–water partition coefficient (Wildman–Crippen LogP) is 6.26. The number of ether oxygens (including phenoxy) is 4. The Morgan fingerprint density at radius 2 is 1.58 bits per heavy atom. The average molecular weight is 525 g/mol. The lowest BCUT2D eigenvalue weighted by molar-refractivity contribution is -0.372. The van der Waals surface area contributed by atoms with Crippen molar-refractivity contribution in [1.82, 2.24) is 0 Å². The molecule has 4 rings (SSSR count). The maximum atomic E-state index is 12.3. The van der Waals surface area contributed by atoms with Crippen molar-refractivity contribution in [3.05, 3.63) is 0 Å². The molecule has 0 aromatic rings. The van der Waals surface area contributed by atoms with Crippen LogP contribution in [0.3, 0.4) is 0 Å². The molecule has 11 unspecified atom stereocenters. The van der Waals surface area contributed by atoms with Crippen LogP contribution >= 0.6 is 0 Å². The molecule has 0 amide bonds. The second-order valence-electron chi connectivity index (χ2n) is 12.5. The van der Waals surface area contributed by atoms with Gasteiger partial charge >= 0.3 is 0 Å². The quantitative estimate of drug-likeness (QED) is 0.332. The van der Waals surface area contributed by atoms with Crippen LogP contribution in [0.5, 0.6) is 0 Å². The maximum absolute atomic E-state index is 12.3. The third kappa shape index (κ3) is 5.67. The molecule has 0 saturated carbocycles. The van der Waals surface area contributed by atoms with Gasteiger partial charge in [-0.15, -0.1) is 0 Å². The van der Waals surface area contributed by atoms with Crippen molar-refractivity contribution in [3.63, 3.8) is 0 Å². The van der Waals surface area contributed by atoms with Crippen LogP contribution < -0.4 is 0 Å². The molecule has 0 N–H and O–H groups in total. The van der Waals surface area contributed by atoms with Crippen LogP contribution in [0.1, 0.15) is 93.9 Å². The summed E-state index contributed by atoms with van der Waals surface area (Å²) in [6.07, 6.45) is 5.23. The van der Waals surface area contributed by atoms with Crippen molar-refractivity contribution in [2.45, 2.75) is 161 Å². The van der Waals surface area contributed by atoms with Gasteiger partial charge in [0.05, 0.1) is 42.7 Å². The van der Waals surface area contributed by atoms with Crippen molar-refractivity contribution < 1.29 is 28.2 Å². The largest absolute Gasteiger partial charge is 0.411 e. The number of carbonyl (C=O) groups excluding carboxylic acids is 1. The molecular weight excluding hydrogens is 472 g/mol. The second-order valence-corrected chi connectivity index (χ2v) is 17.3. The third-order valence-electron chi connectivity index (χ3n) is 9.96. The minimum absolute atomic E-state index is 0.0382. The van der Waals surface area contributed by atoms with E-state index in [0.29, 0.717) is 18.3 Å². The number of carbonyl (C=O) groups is 1. The summed E-state index contributed by atoms with van der Waals surface area (Å²) in [7, 11) is -1.84. The van der Waals surface area contributed by atoms with Gasteiger partial charge in [-0.25, -0.2) is 0 Å². The molecule has 4 aliphatic rings. The van der Waals surface area contributed by atoms with E-state index in [4.69, 9.17) is 23.4 Å². The summed E-state index contributed by atoms with van der Waals surface area (Å²) in [6.45, 7) is 17.5. The van der Waals surface area contributed by atoms with Gasteiger partial charge in [0.2, 0.25) is 0 Å². The van der Waals surface area contributed by atoms with Crippen molar-refractivity contribution in [1.29, 1.82) is 0 Å². The lowest BCUT2D eigenvalue weighted by Crippen LogP contribution is -2.63. The average Bonchev–Trinajstić information content (AvgIpc) is 3.25. The molecule has 4 aliphatic heterocycles. The molecule has 0 radical (unpaired) electrons. The van der Waals surface area contributed by atoms with Crippen LogP contribution in [0, 0.1) is 17.8 Å². The second kappa shape index (κ2) is 11.4. The van der Waals surface area contributed by atoms with Crippen molar-refractivity contribution >= 4 is 14.1 Å². The maximum Gasteiger partial charge on any atom is 0.192 e. The molecule has 1 spiro atoms. The van der Waals surface area contributed by atoms with E-state index in [9.17, 15) is 4.79 Å². The summed E-state index contributed by atoms with van der Waals surface area (Å²) in [6, 6.07) is 3.28. The van der Waals surface area contributed by atoms with Gasteiger partial charge in [-0.05, 0) is 42.8 Å². The smallest absolute Gasteiger partial charge is 0.192 e. The first-order valence-electron chi connectivity index (χ1n) is 14.9. The van der Waals surface area contributed by atoms with Gasteiger partial charge in [0.25, 0.3) is 0 Å². The van der Waals surface area contributed by atoms with E-state index in [1.165, 1.54) is 0 Å². The molecular formula is C29H52O6Si. The van der Waals surface area contributed by atoms with Gasteiger partial charge in [-0.3, -0.25) is 4.79 Å². The van der Waals surface area contributed by atoms with E-state index < -0.39 is 14.1 Å². The van der Waals surface area contributed by atoms with Gasteiger partial charge in [0.1, 0.15) is 5.78 Å². The Labute approximate surface area is 220 Å². The van der Waals surface area contributed by atoms with E-state index in [0.717, 1.165) is 50.2 Å². The zero-order valence-corrected chi connectivity index (χ0v) is 25.1. The Hall–Kier alpha value is -0.313. The Morgan fingerprint density at radius 1 is 0.944 bits per heavy atom. The molecule has 6 nitrogen and oxygen atoms in total. The highest BCUT2D eigenvalue weighted by Gasteiger charge is 2.57. The van der Waals surface area contributed by atoms with Crippen molar-refractivity contribution in [2.75, 3.05) is 0 Å². The van der Waals surface area contributed by atoms with Gasteiger partial charge in [0.15, 0.2) is 14.1 Å². The Kier molecular flexibility index (Phi) is 9.11. The Morgan fingerprint density at radius 3 is 2.19 bits per heavy atom.